The van der Waals surface area contributed by atoms with Gasteiger partial charge in [-0.1, -0.05) is 18.2 Å². The number of nitrogens with zero attached hydrogens (tertiary/aromatic N) is 1. The Morgan fingerprint density at radius 2 is 1.86 bits per heavy atom. The quantitative estimate of drug-likeness (QED) is 0.740. The van der Waals surface area contributed by atoms with Crippen LogP contribution in [0, 0.1) is 0 Å². The van der Waals surface area contributed by atoms with Gasteiger partial charge in [-0.3, -0.25) is 9.59 Å². The predicted molar refractivity (Wildman–Crippen MR) is 110 cm³/mol. The van der Waals surface area contributed by atoms with E-state index in [0.717, 1.165) is 11.3 Å². The van der Waals surface area contributed by atoms with Crippen LogP contribution in [0.1, 0.15) is 18.9 Å². The van der Waals surface area contributed by atoms with Gasteiger partial charge in [-0.15, -0.1) is 0 Å². The van der Waals surface area contributed by atoms with Crippen molar-refractivity contribution in [2.45, 2.75) is 19.8 Å². The normalized spacial score (nSPS) is 12.2. The van der Waals surface area contributed by atoms with E-state index in [1.807, 2.05) is 31.2 Å². The monoisotopic (exact) mass is 398 g/mol. The maximum absolute atomic E-state index is 12.6. The Labute approximate surface area is 170 Å². The number of ether oxygens (including phenoxy) is 3. The fraction of sp³-hybridized carbons (Fsp3) is 0.364. The van der Waals surface area contributed by atoms with E-state index in [1.54, 1.807) is 30.2 Å². The lowest BCUT2D eigenvalue weighted by atomic mass is 10.1. The zero-order valence-corrected chi connectivity index (χ0v) is 16.8. The molecule has 2 aromatic rings. The van der Waals surface area contributed by atoms with Crippen LogP contribution in [-0.4, -0.2) is 50.1 Å². The highest BCUT2D eigenvalue weighted by molar-refractivity contribution is 5.94. The molecule has 0 aliphatic carbocycles. The first-order valence-corrected chi connectivity index (χ1v) is 9.70. The summed E-state index contributed by atoms with van der Waals surface area (Å²) in [5, 5.41) is 2.82. The maximum atomic E-state index is 12.6. The lowest BCUT2D eigenvalue weighted by Crippen LogP contribution is -2.38. The van der Waals surface area contributed by atoms with Crippen molar-refractivity contribution < 1.29 is 23.8 Å². The molecule has 1 aliphatic rings. The first-order chi connectivity index (χ1) is 14.1. The van der Waals surface area contributed by atoms with Crippen molar-refractivity contribution >= 4 is 17.5 Å². The molecule has 0 saturated heterocycles. The molecule has 0 aromatic heterocycles. The van der Waals surface area contributed by atoms with Crippen LogP contribution in [0.5, 0.6) is 17.2 Å². The average Bonchev–Trinajstić information content (AvgIpc) is 2.75. The summed E-state index contributed by atoms with van der Waals surface area (Å²) in [5.74, 6) is 1.70. The van der Waals surface area contributed by atoms with Gasteiger partial charge in [-0.2, -0.15) is 0 Å². The molecule has 0 bridgehead atoms. The minimum atomic E-state index is -0.255. The van der Waals surface area contributed by atoms with Crippen molar-refractivity contribution in [3.8, 4) is 17.2 Å². The van der Waals surface area contributed by atoms with Crippen LogP contribution in [0.3, 0.4) is 0 Å². The first-order valence-electron chi connectivity index (χ1n) is 9.70. The molecule has 3 rings (SSSR count). The third kappa shape index (κ3) is 5.40. The molecule has 0 saturated carbocycles. The minimum absolute atomic E-state index is 0.00427. The SMILES string of the molecule is CCN(CC(=O)Nc1ccc2c(c1)OCCO2)C(=O)CCc1ccccc1OC. The van der Waals surface area contributed by atoms with E-state index in [-0.39, 0.29) is 18.4 Å². The Balaban J connectivity index is 1.54. The molecule has 0 atom stereocenters. The number of rotatable bonds is 8. The summed E-state index contributed by atoms with van der Waals surface area (Å²) in [4.78, 5) is 26.6. The van der Waals surface area contributed by atoms with Gasteiger partial charge < -0.3 is 24.4 Å². The number of hydrogen-bond acceptors (Lipinski definition) is 5. The summed E-state index contributed by atoms with van der Waals surface area (Å²) >= 11 is 0. The van der Waals surface area contributed by atoms with Gasteiger partial charge in [-0.25, -0.2) is 0 Å². The Kier molecular flexibility index (Phi) is 6.94. The highest BCUT2D eigenvalue weighted by atomic mass is 16.6. The molecule has 2 amide bonds. The highest BCUT2D eigenvalue weighted by Gasteiger charge is 2.17. The first kappa shape index (κ1) is 20.5. The summed E-state index contributed by atoms with van der Waals surface area (Å²) in [6.45, 7) is 3.31. The number of anilines is 1. The molecule has 0 unspecified atom stereocenters. The number of nitrogens with one attached hydrogen (secondary N) is 1. The number of aryl methyl sites for hydroxylation is 1. The van der Waals surface area contributed by atoms with Gasteiger partial charge in [0.1, 0.15) is 19.0 Å². The molecule has 1 N–H and O–H groups in total. The number of methoxy groups -OCH3 is 1. The number of fused-ring (bicyclic) bond motifs is 1. The van der Waals surface area contributed by atoms with Gasteiger partial charge >= 0.3 is 0 Å². The van der Waals surface area contributed by atoms with Crippen LogP contribution < -0.4 is 19.5 Å². The fourth-order valence-corrected chi connectivity index (χ4v) is 3.18. The van der Waals surface area contributed by atoms with Gasteiger partial charge in [0, 0.05) is 24.7 Å². The Bertz CT molecular complexity index is 868. The van der Waals surface area contributed by atoms with E-state index in [1.165, 1.54) is 0 Å². The third-order valence-electron chi connectivity index (χ3n) is 4.70. The Morgan fingerprint density at radius 1 is 1.10 bits per heavy atom. The van der Waals surface area contributed by atoms with E-state index in [9.17, 15) is 9.59 Å². The predicted octanol–water partition coefficient (Wildman–Crippen LogP) is 2.89. The second-order valence-electron chi connectivity index (χ2n) is 6.63. The Morgan fingerprint density at radius 3 is 2.62 bits per heavy atom. The summed E-state index contributed by atoms with van der Waals surface area (Å²) in [5.41, 5.74) is 1.58. The Hall–Kier alpha value is -3.22. The van der Waals surface area contributed by atoms with Gasteiger partial charge in [0.25, 0.3) is 0 Å². The molecule has 29 heavy (non-hydrogen) atoms. The number of hydrogen-bond donors (Lipinski definition) is 1. The molecule has 0 spiro atoms. The summed E-state index contributed by atoms with van der Waals surface area (Å²) < 4.78 is 16.3. The molecule has 1 aliphatic heterocycles. The molecule has 154 valence electrons. The molecule has 7 nitrogen and oxygen atoms in total. The van der Waals surface area contributed by atoms with Gasteiger partial charge in [0.05, 0.1) is 13.7 Å². The second-order valence-corrected chi connectivity index (χ2v) is 6.63. The number of carbonyl (C=O) groups excluding carboxylic acids is 2. The number of amides is 2. The number of para-hydroxylation sites is 1. The minimum Gasteiger partial charge on any atom is -0.496 e. The standard InChI is InChI=1S/C22H26N2O5/c1-3-24(22(26)11-8-16-6-4-5-7-18(16)27-2)15-21(25)23-17-9-10-19-20(14-17)29-13-12-28-19/h4-7,9-10,14H,3,8,11-13,15H2,1-2H3,(H,23,25). The van der Waals surface area contributed by atoms with Crippen LogP contribution >= 0.6 is 0 Å². The lowest BCUT2D eigenvalue weighted by Gasteiger charge is -2.21. The molecule has 2 aromatic carbocycles. The lowest BCUT2D eigenvalue weighted by molar-refractivity contribution is -0.134. The zero-order valence-electron chi connectivity index (χ0n) is 16.8. The molecule has 0 radical (unpaired) electrons. The van der Waals surface area contributed by atoms with Crippen molar-refractivity contribution in [3.05, 3.63) is 48.0 Å². The van der Waals surface area contributed by atoms with E-state index in [4.69, 9.17) is 14.2 Å². The topological polar surface area (TPSA) is 77.1 Å². The number of carbonyl (C=O) groups is 2. The van der Waals surface area contributed by atoms with Crippen molar-refractivity contribution in [2.24, 2.45) is 0 Å². The van der Waals surface area contributed by atoms with Crippen LogP contribution in [0.4, 0.5) is 5.69 Å². The molecule has 1 heterocycles. The molecular weight excluding hydrogens is 372 g/mol. The summed E-state index contributed by atoms with van der Waals surface area (Å²) in [7, 11) is 1.61. The van der Waals surface area contributed by atoms with Crippen molar-refractivity contribution in [1.29, 1.82) is 0 Å². The maximum Gasteiger partial charge on any atom is 0.243 e. The second kappa shape index (κ2) is 9.82. The third-order valence-corrected chi connectivity index (χ3v) is 4.70. The largest absolute Gasteiger partial charge is 0.496 e. The van der Waals surface area contributed by atoms with Crippen LogP contribution in [0.25, 0.3) is 0 Å². The summed E-state index contributed by atoms with van der Waals surface area (Å²) in [6, 6.07) is 12.9. The smallest absolute Gasteiger partial charge is 0.243 e. The molecule has 7 heteroatoms. The van der Waals surface area contributed by atoms with Crippen molar-refractivity contribution in [2.75, 3.05) is 38.7 Å². The average molecular weight is 398 g/mol. The van der Waals surface area contributed by atoms with Gasteiger partial charge in [0.15, 0.2) is 11.5 Å². The van der Waals surface area contributed by atoms with Crippen LogP contribution in [-0.2, 0) is 16.0 Å². The summed E-state index contributed by atoms with van der Waals surface area (Å²) in [6.07, 6.45) is 0.870. The number of benzene rings is 2. The number of likely N-dealkylation sites (N-methyl/N-ethyl adjacent to an activating group) is 1. The molecular formula is C22H26N2O5. The van der Waals surface area contributed by atoms with Crippen LogP contribution in [0.2, 0.25) is 0 Å². The van der Waals surface area contributed by atoms with E-state index < -0.39 is 0 Å². The van der Waals surface area contributed by atoms with Gasteiger partial charge in [-0.05, 0) is 37.1 Å². The van der Waals surface area contributed by atoms with Crippen molar-refractivity contribution in [3.63, 3.8) is 0 Å². The fourth-order valence-electron chi connectivity index (χ4n) is 3.18. The van der Waals surface area contributed by atoms with E-state index >= 15 is 0 Å². The van der Waals surface area contributed by atoms with Gasteiger partial charge in [0.2, 0.25) is 11.8 Å². The zero-order chi connectivity index (χ0) is 20.6. The molecule has 0 fully saturated rings. The highest BCUT2D eigenvalue weighted by Crippen LogP contribution is 2.32. The van der Waals surface area contributed by atoms with E-state index in [0.29, 0.717) is 49.8 Å². The van der Waals surface area contributed by atoms with Crippen molar-refractivity contribution in [1.82, 2.24) is 4.90 Å². The van der Waals surface area contributed by atoms with Crippen LogP contribution in [0.15, 0.2) is 42.5 Å². The van der Waals surface area contributed by atoms with E-state index in [2.05, 4.69) is 5.32 Å².